The lowest BCUT2D eigenvalue weighted by atomic mass is 9.64. The lowest BCUT2D eigenvalue weighted by molar-refractivity contribution is -0.137. The van der Waals surface area contributed by atoms with Crippen molar-refractivity contribution in [3.63, 3.8) is 0 Å². The Morgan fingerprint density at radius 2 is 2.12 bits per heavy atom. The number of alkyl halides is 3. The summed E-state index contributed by atoms with van der Waals surface area (Å²) in [5.41, 5.74) is -0.280. The Morgan fingerprint density at radius 3 is 2.72 bits per heavy atom. The first-order valence-electron chi connectivity index (χ1n) is 8.99. The first-order chi connectivity index (χ1) is 11.8. The van der Waals surface area contributed by atoms with Crippen molar-refractivity contribution in [1.29, 1.82) is 0 Å². The van der Waals surface area contributed by atoms with Crippen molar-refractivity contribution in [1.82, 2.24) is 10.6 Å². The first-order valence-corrected chi connectivity index (χ1v) is 8.99. The molecule has 0 radical (unpaired) electrons. The van der Waals surface area contributed by atoms with Gasteiger partial charge in [-0.15, -0.1) is 0 Å². The monoisotopic (exact) mass is 354 g/mol. The van der Waals surface area contributed by atoms with Crippen LogP contribution in [0, 0.1) is 5.92 Å². The minimum atomic E-state index is -4.34. The second kappa shape index (κ2) is 6.98. The van der Waals surface area contributed by atoms with Gasteiger partial charge in [-0.1, -0.05) is 24.6 Å². The molecule has 0 aromatic heterocycles. The maximum atomic E-state index is 13.0. The highest BCUT2D eigenvalue weighted by molar-refractivity contribution is 5.79. The molecule has 6 heteroatoms. The van der Waals surface area contributed by atoms with E-state index in [-0.39, 0.29) is 17.2 Å². The van der Waals surface area contributed by atoms with E-state index in [2.05, 4.69) is 17.6 Å². The number of benzene rings is 1. The summed E-state index contributed by atoms with van der Waals surface area (Å²) in [6, 6.07) is 5.90. The van der Waals surface area contributed by atoms with Crippen LogP contribution in [0.2, 0.25) is 0 Å². The highest BCUT2D eigenvalue weighted by atomic mass is 19.4. The molecule has 3 rings (SSSR count). The predicted molar refractivity (Wildman–Crippen MR) is 90.2 cm³/mol. The standard InChI is InChI=1S/C19H25F3N2O/c1-13-10-14(6-9-23-13)17(25)24-12-18(7-3-8-18)15-4-2-5-16(11-15)19(20,21)22/h2,4-5,11,13-14,23H,3,6-10,12H2,1H3,(H,24,25)/t13-,14-/m0/s1. The van der Waals surface area contributed by atoms with Crippen molar-refractivity contribution in [3.05, 3.63) is 35.4 Å². The van der Waals surface area contributed by atoms with Crippen molar-refractivity contribution in [2.24, 2.45) is 5.92 Å². The van der Waals surface area contributed by atoms with E-state index in [0.29, 0.717) is 18.2 Å². The van der Waals surface area contributed by atoms with Crippen LogP contribution in [0.5, 0.6) is 0 Å². The summed E-state index contributed by atoms with van der Waals surface area (Å²) in [5, 5.41) is 6.35. The molecule has 1 amide bonds. The van der Waals surface area contributed by atoms with Crippen LogP contribution in [0.3, 0.4) is 0 Å². The minimum absolute atomic E-state index is 0.00474. The molecule has 1 saturated heterocycles. The van der Waals surface area contributed by atoms with Crippen LogP contribution in [0.15, 0.2) is 24.3 Å². The van der Waals surface area contributed by atoms with Gasteiger partial charge in [0.2, 0.25) is 5.91 Å². The van der Waals surface area contributed by atoms with Gasteiger partial charge in [-0.05, 0) is 50.8 Å². The zero-order chi connectivity index (χ0) is 18.1. The number of halogens is 3. The van der Waals surface area contributed by atoms with Gasteiger partial charge in [0.1, 0.15) is 0 Å². The fourth-order valence-corrected chi connectivity index (χ4v) is 3.97. The Bertz CT molecular complexity index is 625. The molecule has 25 heavy (non-hydrogen) atoms. The highest BCUT2D eigenvalue weighted by Crippen LogP contribution is 2.44. The number of nitrogens with one attached hydrogen (secondary N) is 2. The molecule has 2 N–H and O–H groups in total. The minimum Gasteiger partial charge on any atom is -0.355 e. The Balaban J connectivity index is 1.68. The average molecular weight is 354 g/mol. The summed E-state index contributed by atoms with van der Waals surface area (Å²) in [6.45, 7) is 3.32. The summed E-state index contributed by atoms with van der Waals surface area (Å²) in [7, 11) is 0. The summed E-state index contributed by atoms with van der Waals surface area (Å²) in [5.74, 6) is 0.0292. The average Bonchev–Trinajstić information content (AvgIpc) is 2.53. The Morgan fingerprint density at radius 1 is 1.36 bits per heavy atom. The topological polar surface area (TPSA) is 41.1 Å². The van der Waals surface area contributed by atoms with Crippen LogP contribution in [0.25, 0.3) is 0 Å². The Hall–Kier alpha value is -1.56. The van der Waals surface area contributed by atoms with Crippen molar-refractivity contribution < 1.29 is 18.0 Å². The van der Waals surface area contributed by atoms with Gasteiger partial charge in [-0.3, -0.25) is 4.79 Å². The Labute approximate surface area is 146 Å². The van der Waals surface area contributed by atoms with Crippen molar-refractivity contribution in [2.45, 2.75) is 56.7 Å². The number of hydrogen-bond acceptors (Lipinski definition) is 2. The molecule has 0 spiro atoms. The number of rotatable bonds is 4. The molecule has 1 heterocycles. The van der Waals surface area contributed by atoms with Gasteiger partial charge in [0.05, 0.1) is 5.56 Å². The maximum absolute atomic E-state index is 13.0. The first kappa shape index (κ1) is 18.2. The van der Waals surface area contributed by atoms with Crippen LogP contribution in [-0.2, 0) is 16.4 Å². The van der Waals surface area contributed by atoms with E-state index in [1.807, 2.05) is 0 Å². The fraction of sp³-hybridized carbons (Fsp3) is 0.632. The van der Waals surface area contributed by atoms with Crippen molar-refractivity contribution in [2.75, 3.05) is 13.1 Å². The van der Waals surface area contributed by atoms with E-state index in [0.717, 1.165) is 44.7 Å². The molecule has 0 unspecified atom stereocenters. The fourth-order valence-electron chi connectivity index (χ4n) is 3.97. The normalized spacial score (nSPS) is 25.9. The summed E-state index contributed by atoms with van der Waals surface area (Å²) >= 11 is 0. The molecule has 1 saturated carbocycles. The highest BCUT2D eigenvalue weighted by Gasteiger charge is 2.41. The molecule has 1 aromatic carbocycles. The quantitative estimate of drug-likeness (QED) is 0.867. The third-order valence-electron chi connectivity index (χ3n) is 5.71. The van der Waals surface area contributed by atoms with Crippen molar-refractivity contribution in [3.8, 4) is 0 Å². The molecule has 3 nitrogen and oxygen atoms in total. The van der Waals surface area contributed by atoms with Crippen LogP contribution >= 0.6 is 0 Å². The number of hydrogen-bond donors (Lipinski definition) is 2. The van der Waals surface area contributed by atoms with E-state index in [9.17, 15) is 18.0 Å². The van der Waals surface area contributed by atoms with Crippen molar-refractivity contribution >= 4 is 5.91 Å². The smallest absolute Gasteiger partial charge is 0.355 e. The van der Waals surface area contributed by atoms with Crippen LogP contribution < -0.4 is 10.6 Å². The van der Waals surface area contributed by atoms with Gasteiger partial charge in [0.25, 0.3) is 0 Å². The molecule has 2 atom stereocenters. The number of amides is 1. The zero-order valence-corrected chi connectivity index (χ0v) is 14.5. The van der Waals surface area contributed by atoms with Gasteiger partial charge in [-0.2, -0.15) is 13.2 Å². The van der Waals surface area contributed by atoms with Gasteiger partial charge in [0.15, 0.2) is 0 Å². The SMILES string of the molecule is C[C@H]1C[C@@H](C(=O)NCC2(c3cccc(C(F)(F)F)c3)CCC2)CCN1. The molecule has 0 bridgehead atoms. The Kier molecular flexibility index (Phi) is 5.09. The number of piperidine rings is 1. The summed E-state index contributed by atoms with van der Waals surface area (Å²) < 4.78 is 39.0. The molecule has 1 aliphatic heterocycles. The predicted octanol–water partition coefficient (Wildman–Crippen LogP) is 3.63. The van der Waals surface area contributed by atoms with Crippen LogP contribution in [0.4, 0.5) is 13.2 Å². The molecular weight excluding hydrogens is 329 g/mol. The molecule has 2 fully saturated rings. The third kappa shape index (κ3) is 4.00. The van der Waals surface area contributed by atoms with Gasteiger partial charge < -0.3 is 10.6 Å². The molecule has 138 valence electrons. The number of carbonyl (C=O) groups excluding carboxylic acids is 1. The molecule has 2 aliphatic rings. The van der Waals surface area contributed by atoms with Gasteiger partial charge in [-0.25, -0.2) is 0 Å². The lowest BCUT2D eigenvalue weighted by Gasteiger charge is -2.43. The van der Waals surface area contributed by atoms with E-state index in [1.54, 1.807) is 6.07 Å². The second-order valence-corrected chi connectivity index (χ2v) is 7.51. The summed E-state index contributed by atoms with van der Waals surface area (Å²) in [4.78, 5) is 12.5. The van der Waals surface area contributed by atoms with Gasteiger partial charge in [0, 0.05) is 23.9 Å². The van der Waals surface area contributed by atoms with E-state index in [1.165, 1.54) is 12.1 Å². The van der Waals surface area contributed by atoms with E-state index >= 15 is 0 Å². The maximum Gasteiger partial charge on any atom is 0.416 e. The van der Waals surface area contributed by atoms with E-state index < -0.39 is 11.7 Å². The largest absolute Gasteiger partial charge is 0.416 e. The van der Waals surface area contributed by atoms with E-state index in [4.69, 9.17) is 0 Å². The lowest BCUT2D eigenvalue weighted by Crippen LogP contribution is -2.49. The molecule has 1 aliphatic carbocycles. The van der Waals surface area contributed by atoms with Crippen LogP contribution in [-0.4, -0.2) is 25.0 Å². The third-order valence-corrected chi connectivity index (χ3v) is 5.71. The van der Waals surface area contributed by atoms with Gasteiger partial charge >= 0.3 is 6.18 Å². The molecular formula is C19H25F3N2O. The molecule has 1 aromatic rings. The second-order valence-electron chi connectivity index (χ2n) is 7.51. The zero-order valence-electron chi connectivity index (χ0n) is 14.5. The summed E-state index contributed by atoms with van der Waals surface area (Å²) in [6.07, 6.45) is -0.102. The van der Waals surface area contributed by atoms with Crippen LogP contribution in [0.1, 0.15) is 50.2 Å². The number of carbonyl (C=O) groups is 1.